The zero-order chi connectivity index (χ0) is 23.0. The number of fused-ring (bicyclic) bond motifs is 2. The molecule has 0 saturated carbocycles. The van der Waals surface area contributed by atoms with Gasteiger partial charge in [-0.15, -0.1) is 0 Å². The van der Waals surface area contributed by atoms with Gasteiger partial charge in [0.15, 0.2) is 23.1 Å². The number of nitrogens with zero attached hydrogens (tertiary/aromatic N) is 3. The maximum Gasteiger partial charge on any atom is 0.263 e. The standard InChI is InChI=1S/C23H22N4O5S/c1-15-7-8-16(32-15)14-27(2)23-22(24-18-5-3-4-6-19(18)25-23)26-33(28,29)17-9-10-20-21(13-17)31-12-11-30-20/h3-10,13H,11-12,14H2,1-2H3,(H,24,26). The lowest BCUT2D eigenvalue weighted by molar-refractivity contribution is 0.171. The Morgan fingerprint density at radius 2 is 1.70 bits per heavy atom. The van der Waals surface area contributed by atoms with Crippen molar-refractivity contribution < 1.29 is 22.3 Å². The van der Waals surface area contributed by atoms with Crippen LogP contribution in [0.15, 0.2) is 63.9 Å². The third-order valence-corrected chi connectivity index (χ3v) is 6.49. The van der Waals surface area contributed by atoms with Gasteiger partial charge >= 0.3 is 0 Å². The van der Waals surface area contributed by atoms with E-state index in [-0.39, 0.29) is 10.7 Å². The van der Waals surface area contributed by atoms with Crippen LogP contribution in [0.2, 0.25) is 0 Å². The van der Waals surface area contributed by atoms with Gasteiger partial charge in [-0.2, -0.15) is 0 Å². The fourth-order valence-corrected chi connectivity index (χ4v) is 4.60. The molecule has 5 rings (SSSR count). The molecule has 1 aliphatic heterocycles. The quantitative estimate of drug-likeness (QED) is 0.458. The van der Waals surface area contributed by atoms with E-state index in [4.69, 9.17) is 13.9 Å². The van der Waals surface area contributed by atoms with Crippen molar-refractivity contribution in [3.8, 4) is 11.5 Å². The van der Waals surface area contributed by atoms with Crippen LogP contribution in [0.1, 0.15) is 11.5 Å². The predicted octanol–water partition coefficient (Wildman–Crippen LogP) is 3.74. The number of para-hydroxylation sites is 2. The zero-order valence-corrected chi connectivity index (χ0v) is 18.9. The monoisotopic (exact) mass is 466 g/mol. The van der Waals surface area contributed by atoms with Gasteiger partial charge in [0.25, 0.3) is 10.0 Å². The topological polar surface area (TPSA) is 107 Å². The van der Waals surface area contributed by atoms with E-state index in [9.17, 15) is 8.42 Å². The summed E-state index contributed by atoms with van der Waals surface area (Å²) in [6.07, 6.45) is 0. The Bertz CT molecular complexity index is 1430. The Morgan fingerprint density at radius 1 is 0.970 bits per heavy atom. The molecule has 0 amide bonds. The van der Waals surface area contributed by atoms with Crippen LogP contribution in [-0.2, 0) is 16.6 Å². The molecule has 1 N–H and O–H groups in total. The van der Waals surface area contributed by atoms with Gasteiger partial charge in [0.2, 0.25) is 0 Å². The van der Waals surface area contributed by atoms with Crippen molar-refractivity contribution in [3.05, 3.63) is 66.1 Å². The molecule has 2 aromatic heterocycles. The molecule has 0 bridgehead atoms. The Kier molecular flexibility index (Phi) is 5.29. The fourth-order valence-electron chi connectivity index (χ4n) is 3.58. The van der Waals surface area contributed by atoms with Crippen LogP contribution in [0.25, 0.3) is 11.0 Å². The number of sulfonamides is 1. The minimum absolute atomic E-state index is 0.0389. The molecule has 3 heterocycles. The number of anilines is 2. The molecule has 2 aromatic carbocycles. The van der Waals surface area contributed by atoms with Crippen LogP contribution in [0, 0.1) is 6.92 Å². The lowest BCUT2D eigenvalue weighted by atomic mass is 10.3. The molecule has 0 saturated heterocycles. The molecule has 10 heteroatoms. The maximum absolute atomic E-state index is 13.2. The highest BCUT2D eigenvalue weighted by Gasteiger charge is 2.23. The van der Waals surface area contributed by atoms with Crippen LogP contribution < -0.4 is 19.1 Å². The molecule has 0 unspecified atom stereocenters. The van der Waals surface area contributed by atoms with Crippen LogP contribution in [0.4, 0.5) is 11.6 Å². The van der Waals surface area contributed by atoms with Gasteiger partial charge in [-0.25, -0.2) is 18.4 Å². The number of rotatable bonds is 6. The number of nitrogens with one attached hydrogen (secondary N) is 1. The largest absolute Gasteiger partial charge is 0.486 e. The number of aromatic nitrogens is 2. The number of aryl methyl sites for hydroxylation is 1. The minimum atomic E-state index is -3.98. The van der Waals surface area contributed by atoms with Gasteiger partial charge < -0.3 is 18.8 Å². The third-order valence-electron chi connectivity index (χ3n) is 5.16. The fraction of sp³-hybridized carbons (Fsp3) is 0.217. The summed E-state index contributed by atoms with van der Waals surface area (Å²) in [6.45, 7) is 3.04. The molecule has 0 radical (unpaired) electrons. The molecule has 0 atom stereocenters. The molecule has 0 fully saturated rings. The van der Waals surface area contributed by atoms with Gasteiger partial charge in [0.05, 0.1) is 22.5 Å². The van der Waals surface area contributed by atoms with Crippen LogP contribution >= 0.6 is 0 Å². The Labute approximate surface area is 191 Å². The minimum Gasteiger partial charge on any atom is -0.486 e. The summed E-state index contributed by atoms with van der Waals surface area (Å²) in [6, 6.07) is 15.5. The maximum atomic E-state index is 13.2. The van der Waals surface area contributed by atoms with E-state index >= 15 is 0 Å². The molecular formula is C23H22N4O5S. The summed E-state index contributed by atoms with van der Waals surface area (Å²) >= 11 is 0. The van der Waals surface area contributed by atoms with Gasteiger partial charge in [0.1, 0.15) is 24.7 Å². The van der Waals surface area contributed by atoms with Crippen LogP contribution in [0.5, 0.6) is 11.5 Å². The van der Waals surface area contributed by atoms with Crippen molar-refractivity contribution in [3.63, 3.8) is 0 Å². The third kappa shape index (κ3) is 4.29. The Hall–Kier alpha value is -3.79. The molecule has 4 aromatic rings. The molecule has 9 nitrogen and oxygen atoms in total. The number of hydrogen-bond acceptors (Lipinski definition) is 8. The van der Waals surface area contributed by atoms with E-state index < -0.39 is 10.0 Å². The highest BCUT2D eigenvalue weighted by molar-refractivity contribution is 7.92. The number of benzene rings is 2. The summed E-state index contributed by atoms with van der Waals surface area (Å²) in [5, 5.41) is 0. The van der Waals surface area contributed by atoms with E-state index in [0.29, 0.717) is 48.1 Å². The van der Waals surface area contributed by atoms with Crippen molar-refractivity contribution in [1.29, 1.82) is 0 Å². The lowest BCUT2D eigenvalue weighted by Crippen LogP contribution is -2.22. The van der Waals surface area contributed by atoms with E-state index in [2.05, 4.69) is 14.7 Å². The van der Waals surface area contributed by atoms with E-state index in [0.717, 1.165) is 11.5 Å². The SMILES string of the molecule is Cc1ccc(CN(C)c2nc3ccccc3nc2NS(=O)(=O)c2ccc3c(c2)OCCO3)o1. The Balaban J connectivity index is 1.52. The summed E-state index contributed by atoms with van der Waals surface area (Å²) in [7, 11) is -2.17. The molecule has 0 aliphatic carbocycles. The van der Waals surface area contributed by atoms with Gasteiger partial charge in [-0.05, 0) is 43.3 Å². The summed E-state index contributed by atoms with van der Waals surface area (Å²) < 4.78 is 45.8. The van der Waals surface area contributed by atoms with Crippen LogP contribution in [-0.4, -0.2) is 38.6 Å². The predicted molar refractivity (Wildman–Crippen MR) is 123 cm³/mol. The van der Waals surface area contributed by atoms with Crippen molar-refractivity contribution >= 4 is 32.7 Å². The van der Waals surface area contributed by atoms with Crippen molar-refractivity contribution in [2.45, 2.75) is 18.4 Å². The van der Waals surface area contributed by atoms with E-state index in [1.54, 1.807) is 24.1 Å². The second-order valence-corrected chi connectivity index (χ2v) is 9.35. The van der Waals surface area contributed by atoms with Crippen molar-refractivity contribution in [2.75, 3.05) is 29.9 Å². The van der Waals surface area contributed by atoms with E-state index in [1.165, 1.54) is 12.1 Å². The first-order valence-corrected chi connectivity index (χ1v) is 11.8. The molecule has 1 aliphatic rings. The van der Waals surface area contributed by atoms with Crippen molar-refractivity contribution in [1.82, 2.24) is 9.97 Å². The van der Waals surface area contributed by atoms with Crippen LogP contribution in [0.3, 0.4) is 0 Å². The second kappa shape index (κ2) is 8.28. The first-order chi connectivity index (χ1) is 15.9. The summed E-state index contributed by atoms with van der Waals surface area (Å²) in [5.74, 6) is 2.92. The summed E-state index contributed by atoms with van der Waals surface area (Å²) in [5.41, 5.74) is 1.22. The Morgan fingerprint density at radius 3 is 2.42 bits per heavy atom. The average molecular weight is 467 g/mol. The first-order valence-electron chi connectivity index (χ1n) is 10.3. The smallest absolute Gasteiger partial charge is 0.263 e. The second-order valence-electron chi connectivity index (χ2n) is 7.66. The van der Waals surface area contributed by atoms with Gasteiger partial charge in [-0.1, -0.05) is 12.1 Å². The highest BCUT2D eigenvalue weighted by Crippen LogP contribution is 2.34. The molecule has 170 valence electrons. The molecule has 0 spiro atoms. The van der Waals surface area contributed by atoms with Gasteiger partial charge in [0, 0.05) is 13.1 Å². The average Bonchev–Trinajstić information content (AvgIpc) is 3.22. The normalized spacial score (nSPS) is 13.2. The number of ether oxygens (including phenoxy) is 2. The number of furan rings is 1. The highest BCUT2D eigenvalue weighted by atomic mass is 32.2. The molecular weight excluding hydrogens is 444 g/mol. The zero-order valence-electron chi connectivity index (χ0n) is 18.1. The lowest BCUT2D eigenvalue weighted by Gasteiger charge is -2.21. The van der Waals surface area contributed by atoms with Crippen molar-refractivity contribution in [2.24, 2.45) is 0 Å². The first kappa shape index (κ1) is 21.1. The van der Waals surface area contributed by atoms with E-state index in [1.807, 2.05) is 37.3 Å². The van der Waals surface area contributed by atoms with Gasteiger partial charge in [-0.3, -0.25) is 4.72 Å². The molecule has 33 heavy (non-hydrogen) atoms. The summed E-state index contributed by atoms with van der Waals surface area (Å²) in [4.78, 5) is 11.1. The number of hydrogen-bond donors (Lipinski definition) is 1.